The second-order valence-corrected chi connectivity index (χ2v) is 3.66. The number of aromatic nitrogens is 1. The maximum Gasteiger partial charge on any atom is 0.340 e. The second kappa shape index (κ2) is 3.45. The number of pyridine rings is 1. The van der Waals surface area contributed by atoms with E-state index in [0.717, 1.165) is 16.8 Å². The van der Waals surface area contributed by atoms with E-state index < -0.39 is 0 Å². The molecule has 3 nitrogen and oxygen atoms in total. The highest BCUT2D eigenvalue weighted by Gasteiger charge is 2.22. The van der Waals surface area contributed by atoms with Gasteiger partial charge in [0.25, 0.3) is 0 Å². The van der Waals surface area contributed by atoms with Crippen LogP contribution in [-0.4, -0.2) is 11.0 Å². The lowest BCUT2D eigenvalue weighted by atomic mass is 10.1. The Morgan fingerprint density at radius 3 is 2.75 bits per heavy atom. The molecule has 1 aliphatic heterocycles. The van der Waals surface area contributed by atoms with Gasteiger partial charge < -0.3 is 4.74 Å². The molecule has 0 N–H and O–H groups in total. The summed E-state index contributed by atoms with van der Waals surface area (Å²) in [5.41, 5.74) is 3.31. The summed E-state index contributed by atoms with van der Waals surface area (Å²) < 4.78 is 4.91. The molecule has 0 aliphatic carbocycles. The lowest BCUT2D eigenvalue weighted by Gasteiger charge is -2.01. The van der Waals surface area contributed by atoms with Crippen molar-refractivity contribution in [2.75, 3.05) is 0 Å². The average molecular weight is 211 g/mol. The van der Waals surface area contributed by atoms with E-state index in [0.29, 0.717) is 12.2 Å². The molecule has 0 spiro atoms. The molecule has 0 atom stereocenters. The molecule has 0 unspecified atom stereocenters. The van der Waals surface area contributed by atoms with Crippen LogP contribution in [0, 0.1) is 0 Å². The number of benzene rings is 1. The van der Waals surface area contributed by atoms with Gasteiger partial charge in [-0.2, -0.15) is 0 Å². The van der Waals surface area contributed by atoms with Gasteiger partial charge in [0.1, 0.15) is 6.61 Å². The van der Waals surface area contributed by atoms with E-state index in [1.165, 1.54) is 0 Å². The Morgan fingerprint density at radius 2 is 1.94 bits per heavy atom. The molecule has 0 saturated carbocycles. The fourth-order valence-corrected chi connectivity index (χ4v) is 1.78. The van der Waals surface area contributed by atoms with Crippen molar-refractivity contribution in [2.24, 2.45) is 0 Å². The maximum absolute atomic E-state index is 11.4. The number of hydrogen-bond donors (Lipinski definition) is 0. The van der Waals surface area contributed by atoms with Crippen LogP contribution in [0.2, 0.25) is 0 Å². The van der Waals surface area contributed by atoms with Crippen LogP contribution in [0.15, 0.2) is 42.6 Å². The van der Waals surface area contributed by atoms with Crippen molar-refractivity contribution in [1.29, 1.82) is 0 Å². The molecule has 0 fully saturated rings. The van der Waals surface area contributed by atoms with E-state index >= 15 is 0 Å². The van der Waals surface area contributed by atoms with Gasteiger partial charge in [-0.3, -0.25) is 4.98 Å². The van der Waals surface area contributed by atoms with Crippen LogP contribution in [0.25, 0.3) is 11.1 Å². The monoisotopic (exact) mass is 211 g/mol. The van der Waals surface area contributed by atoms with Crippen molar-refractivity contribution >= 4 is 5.97 Å². The molecule has 78 valence electrons. The minimum Gasteiger partial charge on any atom is -0.456 e. The van der Waals surface area contributed by atoms with Crippen LogP contribution in [0.4, 0.5) is 0 Å². The summed E-state index contributed by atoms with van der Waals surface area (Å²) in [4.78, 5) is 15.6. The Kier molecular flexibility index (Phi) is 1.96. The zero-order chi connectivity index (χ0) is 11.0. The van der Waals surface area contributed by atoms with E-state index in [1.54, 1.807) is 6.20 Å². The molecular formula is C13H9NO2. The van der Waals surface area contributed by atoms with Crippen LogP contribution >= 0.6 is 0 Å². The number of cyclic esters (lactones) is 1. The fraction of sp³-hybridized carbons (Fsp3) is 0.0769. The van der Waals surface area contributed by atoms with E-state index in [9.17, 15) is 4.79 Å². The molecule has 0 saturated heterocycles. The molecule has 0 radical (unpaired) electrons. The number of rotatable bonds is 1. The summed E-state index contributed by atoms with van der Waals surface area (Å²) in [6.45, 7) is 0.295. The van der Waals surface area contributed by atoms with Crippen LogP contribution in [0.5, 0.6) is 0 Å². The summed E-state index contributed by atoms with van der Waals surface area (Å²) in [7, 11) is 0. The Labute approximate surface area is 92.7 Å². The van der Waals surface area contributed by atoms with Crippen LogP contribution in [0.3, 0.4) is 0 Å². The molecule has 16 heavy (non-hydrogen) atoms. The molecule has 2 aromatic rings. The van der Waals surface area contributed by atoms with Gasteiger partial charge in [0.15, 0.2) is 0 Å². The summed E-state index contributed by atoms with van der Waals surface area (Å²) in [6.07, 6.45) is 1.77. The Bertz CT molecular complexity index is 549. The maximum atomic E-state index is 11.4. The topological polar surface area (TPSA) is 39.2 Å². The van der Waals surface area contributed by atoms with Crippen molar-refractivity contribution < 1.29 is 9.53 Å². The molecule has 3 heteroatoms. The van der Waals surface area contributed by atoms with Gasteiger partial charge in [-0.25, -0.2) is 4.79 Å². The number of ether oxygens (including phenoxy) is 1. The van der Waals surface area contributed by atoms with E-state index in [2.05, 4.69) is 4.98 Å². The quantitative estimate of drug-likeness (QED) is 0.680. The zero-order valence-electron chi connectivity index (χ0n) is 8.51. The largest absolute Gasteiger partial charge is 0.456 e. The fourth-order valence-electron chi connectivity index (χ4n) is 1.78. The third-order valence-electron chi connectivity index (χ3n) is 2.64. The first-order chi connectivity index (χ1) is 7.84. The molecule has 3 rings (SSSR count). The first-order valence-corrected chi connectivity index (χ1v) is 5.06. The zero-order valence-corrected chi connectivity index (χ0v) is 8.51. The third kappa shape index (κ3) is 1.37. The van der Waals surface area contributed by atoms with Gasteiger partial charge in [0.05, 0.1) is 11.3 Å². The van der Waals surface area contributed by atoms with Gasteiger partial charge in [0.2, 0.25) is 0 Å². The number of carbonyl (C=O) groups is 1. The van der Waals surface area contributed by atoms with E-state index in [-0.39, 0.29) is 5.97 Å². The summed E-state index contributed by atoms with van der Waals surface area (Å²) in [6, 6.07) is 11.7. The summed E-state index contributed by atoms with van der Waals surface area (Å²) in [5, 5.41) is 0. The minimum absolute atomic E-state index is 0.278. The SMILES string of the molecule is O=C1OCc2ncc(-c3ccccc3)cc21. The number of fused-ring (bicyclic) bond motifs is 1. The summed E-state index contributed by atoms with van der Waals surface area (Å²) >= 11 is 0. The van der Waals surface area contributed by atoms with Crippen molar-refractivity contribution in [1.82, 2.24) is 4.98 Å². The second-order valence-electron chi connectivity index (χ2n) is 3.66. The molecule has 2 heterocycles. The Balaban J connectivity index is 2.11. The Hall–Kier alpha value is -2.16. The van der Waals surface area contributed by atoms with Crippen LogP contribution < -0.4 is 0 Å². The number of hydrogen-bond acceptors (Lipinski definition) is 3. The molecule has 1 aliphatic rings. The van der Waals surface area contributed by atoms with E-state index in [1.807, 2.05) is 36.4 Å². The first kappa shape index (κ1) is 9.09. The van der Waals surface area contributed by atoms with Crippen molar-refractivity contribution in [3.63, 3.8) is 0 Å². The number of esters is 1. The van der Waals surface area contributed by atoms with Gasteiger partial charge in [-0.15, -0.1) is 0 Å². The van der Waals surface area contributed by atoms with Gasteiger partial charge in [-0.05, 0) is 11.6 Å². The van der Waals surface area contributed by atoms with Gasteiger partial charge in [0, 0.05) is 11.8 Å². The normalized spacial score (nSPS) is 13.4. The van der Waals surface area contributed by atoms with Crippen molar-refractivity contribution in [2.45, 2.75) is 6.61 Å². The van der Waals surface area contributed by atoms with Crippen molar-refractivity contribution in [3.8, 4) is 11.1 Å². The lowest BCUT2D eigenvalue weighted by Crippen LogP contribution is -1.95. The minimum atomic E-state index is -0.278. The molecule has 1 aromatic carbocycles. The van der Waals surface area contributed by atoms with Gasteiger partial charge in [-0.1, -0.05) is 30.3 Å². The predicted octanol–water partition coefficient (Wildman–Crippen LogP) is 2.42. The first-order valence-electron chi connectivity index (χ1n) is 5.06. The standard InChI is InChI=1S/C13H9NO2/c15-13-11-6-10(7-14-12(11)8-16-13)9-4-2-1-3-5-9/h1-7H,8H2. The van der Waals surface area contributed by atoms with E-state index in [4.69, 9.17) is 4.74 Å². The number of nitrogens with zero attached hydrogens (tertiary/aromatic N) is 1. The summed E-state index contributed by atoms with van der Waals surface area (Å²) in [5.74, 6) is -0.278. The smallest absolute Gasteiger partial charge is 0.340 e. The van der Waals surface area contributed by atoms with Crippen LogP contribution in [-0.2, 0) is 11.3 Å². The average Bonchev–Trinajstić information content (AvgIpc) is 2.72. The number of carbonyl (C=O) groups excluding carboxylic acids is 1. The predicted molar refractivity (Wildman–Crippen MR) is 58.8 cm³/mol. The molecule has 0 bridgehead atoms. The van der Waals surface area contributed by atoms with Gasteiger partial charge >= 0.3 is 5.97 Å². The van der Waals surface area contributed by atoms with Crippen LogP contribution in [0.1, 0.15) is 16.1 Å². The molecular weight excluding hydrogens is 202 g/mol. The third-order valence-corrected chi connectivity index (χ3v) is 2.64. The van der Waals surface area contributed by atoms with Crippen molar-refractivity contribution in [3.05, 3.63) is 53.9 Å². The Morgan fingerprint density at radius 1 is 1.12 bits per heavy atom. The highest BCUT2D eigenvalue weighted by Crippen LogP contribution is 2.24. The molecule has 0 amide bonds. The highest BCUT2D eigenvalue weighted by molar-refractivity contribution is 5.94. The lowest BCUT2D eigenvalue weighted by molar-refractivity contribution is 0.0533. The highest BCUT2D eigenvalue weighted by atomic mass is 16.5. The molecule has 1 aromatic heterocycles.